The standard InChI is InChI=1S/C17H19ClN2O3/c1-10(2)9-19-16(21)11(3)23-17(22)13-8-15(18)20-14-7-5-4-6-12(13)14/h4-8,10-11H,9H2,1-3H3,(H,19,21)/t11-/m1/s1. The third-order valence-electron chi connectivity index (χ3n) is 3.24. The second kappa shape index (κ2) is 7.42. The highest BCUT2D eigenvalue weighted by molar-refractivity contribution is 6.30. The highest BCUT2D eigenvalue weighted by Gasteiger charge is 2.21. The Labute approximate surface area is 140 Å². The molecule has 0 aliphatic rings. The molecule has 5 nitrogen and oxygen atoms in total. The van der Waals surface area contributed by atoms with E-state index in [1.54, 1.807) is 25.1 Å². The molecular formula is C17H19ClN2O3. The van der Waals surface area contributed by atoms with Gasteiger partial charge in [-0.05, 0) is 25.0 Å². The van der Waals surface area contributed by atoms with Crippen LogP contribution in [0.1, 0.15) is 31.1 Å². The average molecular weight is 335 g/mol. The van der Waals surface area contributed by atoms with Crippen molar-refractivity contribution >= 4 is 34.4 Å². The van der Waals surface area contributed by atoms with Gasteiger partial charge in [-0.15, -0.1) is 0 Å². The molecule has 0 radical (unpaired) electrons. The van der Waals surface area contributed by atoms with Crippen molar-refractivity contribution in [3.8, 4) is 0 Å². The number of nitrogens with one attached hydrogen (secondary N) is 1. The van der Waals surface area contributed by atoms with Crippen molar-refractivity contribution in [2.75, 3.05) is 6.54 Å². The van der Waals surface area contributed by atoms with Crippen LogP contribution in [-0.2, 0) is 9.53 Å². The summed E-state index contributed by atoms with van der Waals surface area (Å²) in [6.07, 6.45) is -0.882. The fourth-order valence-electron chi connectivity index (χ4n) is 2.04. The molecule has 1 atom stereocenters. The van der Waals surface area contributed by atoms with Gasteiger partial charge in [0.2, 0.25) is 0 Å². The van der Waals surface area contributed by atoms with Gasteiger partial charge in [-0.25, -0.2) is 9.78 Å². The number of rotatable bonds is 5. The number of ether oxygens (including phenoxy) is 1. The van der Waals surface area contributed by atoms with Crippen LogP contribution in [0.3, 0.4) is 0 Å². The molecule has 0 saturated carbocycles. The van der Waals surface area contributed by atoms with Crippen LogP contribution in [0.2, 0.25) is 5.15 Å². The smallest absolute Gasteiger partial charge is 0.339 e. The van der Waals surface area contributed by atoms with Crippen LogP contribution in [0.5, 0.6) is 0 Å². The molecule has 122 valence electrons. The number of benzene rings is 1. The average Bonchev–Trinajstić information content (AvgIpc) is 2.51. The summed E-state index contributed by atoms with van der Waals surface area (Å²) in [4.78, 5) is 28.5. The molecule has 0 spiro atoms. The lowest BCUT2D eigenvalue weighted by Gasteiger charge is -2.15. The monoisotopic (exact) mass is 334 g/mol. The lowest BCUT2D eigenvalue weighted by Crippen LogP contribution is -2.37. The van der Waals surface area contributed by atoms with Crippen LogP contribution in [0, 0.1) is 5.92 Å². The minimum Gasteiger partial charge on any atom is -0.449 e. The second-order valence-electron chi connectivity index (χ2n) is 5.70. The lowest BCUT2D eigenvalue weighted by molar-refractivity contribution is -0.129. The predicted octanol–water partition coefficient (Wildman–Crippen LogP) is 3.21. The van der Waals surface area contributed by atoms with E-state index in [2.05, 4.69) is 10.3 Å². The third-order valence-corrected chi connectivity index (χ3v) is 3.44. The van der Waals surface area contributed by atoms with Crippen molar-refractivity contribution in [2.45, 2.75) is 26.9 Å². The Hall–Kier alpha value is -2.14. The first kappa shape index (κ1) is 17.2. The number of carbonyl (C=O) groups excluding carboxylic acids is 2. The Kier molecular flexibility index (Phi) is 5.55. The van der Waals surface area contributed by atoms with Gasteiger partial charge in [0.05, 0.1) is 11.1 Å². The number of amides is 1. The number of hydrogen-bond donors (Lipinski definition) is 1. The fraction of sp³-hybridized carbons (Fsp3) is 0.353. The molecule has 0 fully saturated rings. The Morgan fingerprint density at radius 2 is 1.96 bits per heavy atom. The summed E-state index contributed by atoms with van der Waals surface area (Å²) >= 11 is 5.95. The van der Waals surface area contributed by atoms with Gasteiger partial charge < -0.3 is 10.1 Å². The molecule has 1 N–H and O–H groups in total. The molecule has 6 heteroatoms. The van der Waals surface area contributed by atoms with E-state index in [0.29, 0.717) is 28.9 Å². The van der Waals surface area contributed by atoms with Gasteiger partial charge in [-0.3, -0.25) is 4.79 Å². The zero-order chi connectivity index (χ0) is 17.0. The lowest BCUT2D eigenvalue weighted by atomic mass is 10.1. The number of esters is 1. The molecule has 0 saturated heterocycles. The summed E-state index contributed by atoms with van der Waals surface area (Å²) in [5.41, 5.74) is 0.896. The Morgan fingerprint density at radius 1 is 1.26 bits per heavy atom. The minimum atomic E-state index is -0.882. The summed E-state index contributed by atoms with van der Waals surface area (Å²) in [7, 11) is 0. The van der Waals surface area contributed by atoms with Crippen LogP contribution in [0.15, 0.2) is 30.3 Å². The van der Waals surface area contributed by atoms with Crippen LogP contribution < -0.4 is 5.32 Å². The first-order valence-electron chi connectivity index (χ1n) is 7.42. The van der Waals surface area contributed by atoms with E-state index in [1.165, 1.54) is 6.07 Å². The highest BCUT2D eigenvalue weighted by atomic mass is 35.5. The van der Waals surface area contributed by atoms with Crippen molar-refractivity contribution in [1.29, 1.82) is 0 Å². The van der Waals surface area contributed by atoms with E-state index in [9.17, 15) is 9.59 Å². The number of aromatic nitrogens is 1. The van der Waals surface area contributed by atoms with E-state index in [4.69, 9.17) is 16.3 Å². The number of para-hydroxylation sites is 1. The van der Waals surface area contributed by atoms with Crippen LogP contribution in [0.4, 0.5) is 0 Å². The fourth-order valence-corrected chi connectivity index (χ4v) is 2.24. The second-order valence-corrected chi connectivity index (χ2v) is 6.08. The van der Waals surface area contributed by atoms with E-state index >= 15 is 0 Å². The molecule has 23 heavy (non-hydrogen) atoms. The third kappa shape index (κ3) is 4.42. The zero-order valence-electron chi connectivity index (χ0n) is 13.3. The molecule has 1 amide bonds. The van der Waals surface area contributed by atoms with E-state index < -0.39 is 12.1 Å². The zero-order valence-corrected chi connectivity index (χ0v) is 14.1. The summed E-state index contributed by atoms with van der Waals surface area (Å²) < 4.78 is 5.26. The Balaban J connectivity index is 2.16. The molecule has 0 bridgehead atoms. The number of fused-ring (bicyclic) bond motifs is 1. The number of carbonyl (C=O) groups is 2. The Bertz CT molecular complexity index is 731. The molecule has 1 heterocycles. The van der Waals surface area contributed by atoms with Crippen molar-refractivity contribution in [1.82, 2.24) is 10.3 Å². The van der Waals surface area contributed by atoms with Crippen molar-refractivity contribution in [2.24, 2.45) is 5.92 Å². The number of hydrogen-bond acceptors (Lipinski definition) is 4. The van der Waals surface area contributed by atoms with Crippen LogP contribution >= 0.6 is 11.6 Å². The molecule has 0 aliphatic heterocycles. The van der Waals surface area contributed by atoms with Crippen molar-refractivity contribution in [3.05, 3.63) is 41.0 Å². The van der Waals surface area contributed by atoms with Crippen LogP contribution in [-0.4, -0.2) is 29.5 Å². The van der Waals surface area contributed by atoms with Gasteiger partial charge in [0.25, 0.3) is 5.91 Å². The van der Waals surface area contributed by atoms with Gasteiger partial charge in [0.1, 0.15) is 5.15 Å². The first-order valence-corrected chi connectivity index (χ1v) is 7.80. The largest absolute Gasteiger partial charge is 0.449 e. The van der Waals surface area contributed by atoms with Gasteiger partial charge in [0, 0.05) is 11.9 Å². The van der Waals surface area contributed by atoms with Gasteiger partial charge in [-0.2, -0.15) is 0 Å². The normalized spacial score (nSPS) is 12.2. The van der Waals surface area contributed by atoms with Gasteiger partial charge in [0.15, 0.2) is 6.10 Å². The number of nitrogens with zero attached hydrogens (tertiary/aromatic N) is 1. The summed E-state index contributed by atoms with van der Waals surface area (Å²) in [6.45, 7) is 6.05. The van der Waals surface area contributed by atoms with Crippen molar-refractivity contribution in [3.63, 3.8) is 0 Å². The molecule has 1 aromatic carbocycles. The van der Waals surface area contributed by atoms with E-state index in [0.717, 1.165) is 0 Å². The molecule has 0 aliphatic carbocycles. The maximum absolute atomic E-state index is 12.4. The SMILES string of the molecule is CC(C)CNC(=O)[C@@H](C)OC(=O)c1cc(Cl)nc2ccccc12. The van der Waals surface area contributed by atoms with E-state index in [-0.39, 0.29) is 11.1 Å². The first-order chi connectivity index (χ1) is 10.9. The summed E-state index contributed by atoms with van der Waals surface area (Å²) in [5.74, 6) is -0.598. The topological polar surface area (TPSA) is 68.3 Å². The predicted molar refractivity (Wildman–Crippen MR) is 89.5 cm³/mol. The van der Waals surface area contributed by atoms with Gasteiger partial charge >= 0.3 is 5.97 Å². The highest BCUT2D eigenvalue weighted by Crippen LogP contribution is 2.22. The maximum atomic E-state index is 12.4. The maximum Gasteiger partial charge on any atom is 0.339 e. The van der Waals surface area contributed by atoms with Crippen LogP contribution in [0.25, 0.3) is 10.9 Å². The molecule has 2 aromatic rings. The molecule has 0 unspecified atom stereocenters. The quantitative estimate of drug-likeness (QED) is 0.673. The Morgan fingerprint density at radius 3 is 2.65 bits per heavy atom. The molecule has 1 aromatic heterocycles. The number of pyridine rings is 1. The molecule has 2 rings (SSSR count). The van der Waals surface area contributed by atoms with E-state index in [1.807, 2.05) is 19.9 Å². The summed E-state index contributed by atoms with van der Waals surface area (Å²) in [6, 6.07) is 8.58. The molecular weight excluding hydrogens is 316 g/mol. The minimum absolute atomic E-state index is 0.201. The van der Waals surface area contributed by atoms with Gasteiger partial charge in [-0.1, -0.05) is 43.6 Å². The van der Waals surface area contributed by atoms with Crippen molar-refractivity contribution < 1.29 is 14.3 Å². The summed E-state index contributed by atoms with van der Waals surface area (Å²) in [5, 5.41) is 3.57. The number of halogens is 1.